The molecule has 1 unspecified atom stereocenters. The van der Waals surface area contributed by atoms with Gasteiger partial charge in [0.1, 0.15) is 5.82 Å². The predicted molar refractivity (Wildman–Crippen MR) is 61.4 cm³/mol. The lowest BCUT2D eigenvalue weighted by molar-refractivity contribution is -0.385. The van der Waals surface area contributed by atoms with Gasteiger partial charge in [0, 0.05) is 11.8 Å². The van der Waals surface area contributed by atoms with E-state index < -0.39 is 22.0 Å². The molecule has 0 amide bonds. The smallest absolute Gasteiger partial charge is 0.316 e. The molecule has 0 bridgehead atoms. The van der Waals surface area contributed by atoms with Gasteiger partial charge in [-0.15, -0.1) is 11.8 Å². The third-order valence-electron chi connectivity index (χ3n) is 2.00. The molecule has 0 aromatic heterocycles. The Hall–Kier alpha value is -1.63. The van der Waals surface area contributed by atoms with Crippen molar-refractivity contribution < 1.29 is 19.2 Å². The maximum atomic E-state index is 13.0. The van der Waals surface area contributed by atoms with E-state index in [1.54, 1.807) is 0 Å². The molecule has 0 spiro atoms. The fourth-order valence-electron chi connectivity index (χ4n) is 1.11. The van der Waals surface area contributed by atoms with Gasteiger partial charge in [-0.25, -0.2) is 4.39 Å². The molecule has 0 fully saturated rings. The van der Waals surface area contributed by atoms with Crippen LogP contribution in [-0.2, 0) is 10.5 Å². The van der Waals surface area contributed by atoms with Gasteiger partial charge in [-0.2, -0.15) is 0 Å². The lowest BCUT2D eigenvalue weighted by Crippen LogP contribution is -2.11. The third kappa shape index (κ3) is 4.03. The van der Waals surface area contributed by atoms with Crippen LogP contribution in [0.25, 0.3) is 0 Å². The van der Waals surface area contributed by atoms with Crippen molar-refractivity contribution in [2.45, 2.75) is 17.9 Å². The molecule has 0 aliphatic rings. The molecule has 0 saturated heterocycles. The van der Waals surface area contributed by atoms with Crippen LogP contribution in [0.5, 0.6) is 0 Å². The zero-order valence-electron chi connectivity index (χ0n) is 8.92. The van der Waals surface area contributed by atoms with Crippen LogP contribution in [0, 0.1) is 15.9 Å². The average molecular weight is 259 g/mol. The summed E-state index contributed by atoms with van der Waals surface area (Å²) in [5, 5.41) is 18.5. The van der Waals surface area contributed by atoms with Crippen LogP contribution >= 0.6 is 11.8 Å². The number of carbonyl (C=O) groups is 1. The Morgan fingerprint density at radius 2 is 2.24 bits per heavy atom. The molecule has 0 aliphatic carbocycles. The van der Waals surface area contributed by atoms with E-state index >= 15 is 0 Å². The summed E-state index contributed by atoms with van der Waals surface area (Å²) in [5.41, 5.74) is 0.0679. The van der Waals surface area contributed by atoms with Gasteiger partial charge >= 0.3 is 5.97 Å². The van der Waals surface area contributed by atoms with Crippen LogP contribution in [0.1, 0.15) is 12.5 Å². The Morgan fingerprint density at radius 1 is 1.59 bits per heavy atom. The molecule has 0 saturated carbocycles. The summed E-state index contributed by atoms with van der Waals surface area (Å²) in [6, 6.07) is 3.23. The maximum absolute atomic E-state index is 13.0. The molecular formula is C10H10FNO4S. The number of hydrogen-bond acceptors (Lipinski definition) is 4. The summed E-state index contributed by atoms with van der Waals surface area (Å²) in [4.78, 5) is 20.4. The second-order valence-corrected chi connectivity index (χ2v) is 4.70. The number of carboxylic acids is 1. The summed E-state index contributed by atoms with van der Waals surface area (Å²) in [6.07, 6.45) is 0. The number of non-ortho nitro benzene ring substituents is 1. The minimum Gasteiger partial charge on any atom is -0.480 e. The maximum Gasteiger partial charge on any atom is 0.316 e. The van der Waals surface area contributed by atoms with Crippen molar-refractivity contribution >= 4 is 23.4 Å². The lowest BCUT2D eigenvalue weighted by atomic mass is 10.2. The van der Waals surface area contributed by atoms with Gasteiger partial charge in [-0.05, 0) is 18.6 Å². The molecule has 1 rings (SSSR count). The topological polar surface area (TPSA) is 80.4 Å². The van der Waals surface area contributed by atoms with Gasteiger partial charge in [0.2, 0.25) is 0 Å². The first-order chi connectivity index (χ1) is 7.90. The number of nitrogens with zero attached hydrogens (tertiary/aromatic N) is 1. The number of thioether (sulfide) groups is 1. The van der Waals surface area contributed by atoms with E-state index in [1.807, 2.05) is 0 Å². The summed E-state index contributed by atoms with van der Waals surface area (Å²) >= 11 is 1.08. The number of nitro groups is 1. The predicted octanol–water partition coefficient (Wildman–Crippen LogP) is 2.44. The van der Waals surface area contributed by atoms with Crippen molar-refractivity contribution in [2.24, 2.45) is 0 Å². The second-order valence-electron chi connectivity index (χ2n) is 3.37. The van der Waals surface area contributed by atoms with E-state index in [2.05, 4.69) is 0 Å². The van der Waals surface area contributed by atoms with Crippen molar-refractivity contribution in [1.29, 1.82) is 0 Å². The first kappa shape index (κ1) is 13.4. The van der Waals surface area contributed by atoms with Gasteiger partial charge < -0.3 is 5.11 Å². The van der Waals surface area contributed by atoms with Crippen LogP contribution < -0.4 is 0 Å². The van der Waals surface area contributed by atoms with E-state index in [1.165, 1.54) is 13.0 Å². The van der Waals surface area contributed by atoms with Crippen LogP contribution in [-0.4, -0.2) is 21.2 Å². The van der Waals surface area contributed by atoms with Crippen molar-refractivity contribution in [1.82, 2.24) is 0 Å². The summed E-state index contributed by atoms with van der Waals surface area (Å²) in [7, 11) is 0. The van der Waals surface area contributed by atoms with E-state index in [4.69, 9.17) is 5.11 Å². The summed E-state index contributed by atoms with van der Waals surface area (Å²) < 4.78 is 13.0. The van der Waals surface area contributed by atoms with Gasteiger partial charge in [-0.3, -0.25) is 14.9 Å². The number of aliphatic carboxylic acids is 1. The van der Waals surface area contributed by atoms with E-state index in [9.17, 15) is 19.3 Å². The van der Waals surface area contributed by atoms with Gasteiger partial charge in [0.05, 0.1) is 16.2 Å². The zero-order chi connectivity index (χ0) is 13.0. The molecule has 1 aromatic carbocycles. The number of halogens is 1. The normalized spacial score (nSPS) is 12.1. The van der Waals surface area contributed by atoms with Gasteiger partial charge in [0.15, 0.2) is 0 Å². The molecule has 92 valence electrons. The first-order valence-electron chi connectivity index (χ1n) is 4.68. The Balaban J connectivity index is 2.78. The molecule has 0 aliphatic heterocycles. The van der Waals surface area contributed by atoms with E-state index in [-0.39, 0.29) is 11.4 Å². The minimum atomic E-state index is -0.971. The van der Waals surface area contributed by atoms with Gasteiger partial charge in [0.25, 0.3) is 5.69 Å². The van der Waals surface area contributed by atoms with E-state index in [0.29, 0.717) is 5.56 Å². The average Bonchev–Trinajstić information content (AvgIpc) is 2.24. The highest BCUT2D eigenvalue weighted by atomic mass is 32.2. The SMILES string of the molecule is CC(SCc1cc(F)cc([N+](=O)[O-])c1)C(=O)O. The number of carboxylic acid groups (broad SMARTS) is 1. The molecule has 7 heteroatoms. The largest absolute Gasteiger partial charge is 0.480 e. The van der Waals surface area contributed by atoms with Gasteiger partial charge in [-0.1, -0.05) is 0 Å². The fraction of sp³-hybridized carbons (Fsp3) is 0.300. The molecular weight excluding hydrogens is 249 g/mol. The molecule has 1 N–H and O–H groups in total. The molecule has 1 atom stereocenters. The van der Waals surface area contributed by atoms with Crippen LogP contribution in [0.3, 0.4) is 0 Å². The Labute approximate surface area is 101 Å². The van der Waals surface area contributed by atoms with Crippen LogP contribution in [0.2, 0.25) is 0 Å². The molecule has 17 heavy (non-hydrogen) atoms. The Bertz CT molecular complexity index is 452. The van der Waals surface area contributed by atoms with Crippen LogP contribution in [0.4, 0.5) is 10.1 Å². The van der Waals surface area contributed by atoms with E-state index in [0.717, 1.165) is 23.9 Å². The highest BCUT2D eigenvalue weighted by molar-refractivity contribution is 7.99. The highest BCUT2D eigenvalue weighted by Gasteiger charge is 2.14. The number of hydrogen-bond donors (Lipinski definition) is 1. The summed E-state index contributed by atoms with van der Waals surface area (Å²) in [5.74, 6) is -1.45. The molecule has 5 nitrogen and oxygen atoms in total. The Kier molecular flexibility index (Phi) is 4.45. The molecule has 1 aromatic rings. The lowest BCUT2D eigenvalue weighted by Gasteiger charge is -2.06. The van der Waals surface area contributed by atoms with Crippen molar-refractivity contribution in [3.8, 4) is 0 Å². The minimum absolute atomic E-state index is 0.214. The highest BCUT2D eigenvalue weighted by Crippen LogP contribution is 2.22. The second kappa shape index (κ2) is 5.62. The number of rotatable bonds is 5. The van der Waals surface area contributed by atoms with Crippen molar-refractivity contribution in [2.75, 3.05) is 0 Å². The Morgan fingerprint density at radius 3 is 2.76 bits per heavy atom. The van der Waals surface area contributed by atoms with Crippen molar-refractivity contribution in [3.05, 3.63) is 39.7 Å². The fourth-order valence-corrected chi connectivity index (χ4v) is 1.87. The molecule has 0 radical (unpaired) electrons. The molecule has 0 heterocycles. The first-order valence-corrected chi connectivity index (χ1v) is 5.73. The number of nitro benzene ring substituents is 1. The standard InChI is InChI=1S/C10H10FNO4S/c1-6(10(13)14)17-5-7-2-8(11)4-9(3-7)12(15)16/h2-4,6H,5H2,1H3,(H,13,14). The quantitative estimate of drug-likeness (QED) is 0.648. The number of benzene rings is 1. The van der Waals surface area contributed by atoms with Crippen molar-refractivity contribution in [3.63, 3.8) is 0 Å². The summed E-state index contributed by atoms with van der Waals surface area (Å²) in [6.45, 7) is 1.50. The monoisotopic (exact) mass is 259 g/mol. The zero-order valence-corrected chi connectivity index (χ0v) is 9.74. The van der Waals surface area contributed by atoms with Crippen LogP contribution in [0.15, 0.2) is 18.2 Å². The third-order valence-corrected chi connectivity index (χ3v) is 3.20.